The van der Waals surface area contributed by atoms with Crippen LogP contribution in [0.15, 0.2) is 65.6 Å². The van der Waals surface area contributed by atoms with Crippen LogP contribution in [0, 0.1) is 13.8 Å². The van der Waals surface area contributed by atoms with Crippen LogP contribution in [0.3, 0.4) is 0 Å². The third-order valence-corrected chi connectivity index (χ3v) is 6.32. The molecule has 0 aliphatic carbocycles. The number of benzene rings is 2. The van der Waals surface area contributed by atoms with Gasteiger partial charge in [-0.05, 0) is 72.8 Å². The van der Waals surface area contributed by atoms with Crippen LogP contribution in [0.4, 0.5) is 5.69 Å². The Bertz CT molecular complexity index is 1150. The summed E-state index contributed by atoms with van der Waals surface area (Å²) in [5, 5.41) is 13.5. The molecular weight excluding hydrogens is 406 g/mol. The van der Waals surface area contributed by atoms with Gasteiger partial charge in [0.05, 0.1) is 5.57 Å². The van der Waals surface area contributed by atoms with E-state index in [9.17, 15) is 14.7 Å². The highest BCUT2D eigenvalue weighted by Gasteiger charge is 2.47. The average molecular weight is 424 g/mol. The predicted octanol–water partition coefficient (Wildman–Crippen LogP) is 5.64. The first-order valence-corrected chi connectivity index (χ1v) is 10.3. The van der Waals surface area contributed by atoms with E-state index in [1.165, 1.54) is 16.2 Å². The third-order valence-electron chi connectivity index (χ3n) is 4.99. The molecule has 3 aromatic rings. The molecule has 6 heteroatoms. The zero-order valence-electron chi connectivity index (χ0n) is 15.8. The average Bonchev–Trinajstić information content (AvgIpc) is 3.23. The molecule has 1 amide bonds. The maximum Gasteiger partial charge on any atom is 0.300 e. The minimum absolute atomic E-state index is 0.0874. The molecule has 2 aromatic carbocycles. The first kappa shape index (κ1) is 19.4. The molecule has 29 heavy (non-hydrogen) atoms. The van der Waals surface area contributed by atoms with Gasteiger partial charge in [-0.25, -0.2) is 0 Å². The highest BCUT2D eigenvalue weighted by molar-refractivity contribution is 7.10. The number of Topliss-reactive ketones (excluding diaryl/α,β-unsaturated/α-hetero) is 1. The van der Waals surface area contributed by atoms with E-state index < -0.39 is 17.7 Å². The van der Waals surface area contributed by atoms with Gasteiger partial charge in [-0.1, -0.05) is 23.7 Å². The molecule has 1 unspecified atom stereocenters. The van der Waals surface area contributed by atoms with E-state index in [2.05, 4.69) is 0 Å². The first-order chi connectivity index (χ1) is 13.9. The molecular formula is C23H18ClNO3S. The van der Waals surface area contributed by atoms with E-state index in [0.29, 0.717) is 16.3 Å². The molecule has 2 heterocycles. The van der Waals surface area contributed by atoms with E-state index in [0.717, 1.165) is 16.0 Å². The molecule has 4 nitrogen and oxygen atoms in total. The monoisotopic (exact) mass is 423 g/mol. The van der Waals surface area contributed by atoms with Crippen molar-refractivity contribution in [1.29, 1.82) is 0 Å². The summed E-state index contributed by atoms with van der Waals surface area (Å²) in [6.07, 6.45) is 0. The van der Waals surface area contributed by atoms with E-state index in [1.807, 2.05) is 43.5 Å². The van der Waals surface area contributed by atoms with E-state index in [4.69, 9.17) is 11.6 Å². The summed E-state index contributed by atoms with van der Waals surface area (Å²) in [7, 11) is 0. The molecule has 1 aromatic heterocycles. The Hall–Kier alpha value is -2.89. The minimum atomic E-state index is -0.697. The summed E-state index contributed by atoms with van der Waals surface area (Å²) in [6.45, 7) is 3.86. The van der Waals surface area contributed by atoms with E-state index >= 15 is 0 Å². The first-order valence-electron chi connectivity index (χ1n) is 9.06. The van der Waals surface area contributed by atoms with Gasteiger partial charge in [0.1, 0.15) is 11.8 Å². The van der Waals surface area contributed by atoms with Crippen molar-refractivity contribution < 1.29 is 14.7 Å². The van der Waals surface area contributed by atoms with Crippen LogP contribution in [0.5, 0.6) is 0 Å². The number of hydrogen-bond acceptors (Lipinski definition) is 4. The number of aliphatic hydroxyl groups is 1. The number of carbonyl (C=O) groups is 2. The largest absolute Gasteiger partial charge is 0.507 e. The lowest BCUT2D eigenvalue weighted by molar-refractivity contribution is -0.132. The lowest BCUT2D eigenvalue weighted by atomic mass is 9.98. The maximum atomic E-state index is 13.0. The van der Waals surface area contributed by atoms with Crippen LogP contribution in [0.2, 0.25) is 5.02 Å². The van der Waals surface area contributed by atoms with Gasteiger partial charge < -0.3 is 5.11 Å². The zero-order valence-corrected chi connectivity index (χ0v) is 17.4. The quantitative estimate of drug-likeness (QED) is 0.336. The fraction of sp³-hybridized carbons (Fsp3) is 0.130. The van der Waals surface area contributed by atoms with Crippen molar-refractivity contribution in [2.75, 3.05) is 4.90 Å². The van der Waals surface area contributed by atoms with Crippen molar-refractivity contribution in [3.63, 3.8) is 0 Å². The molecule has 1 saturated heterocycles. The summed E-state index contributed by atoms with van der Waals surface area (Å²) in [5.74, 6) is -1.55. The number of amides is 1. The molecule has 146 valence electrons. The second-order valence-electron chi connectivity index (χ2n) is 6.98. The number of hydrogen-bond donors (Lipinski definition) is 1. The minimum Gasteiger partial charge on any atom is -0.507 e. The molecule has 0 bridgehead atoms. The van der Waals surface area contributed by atoms with Crippen molar-refractivity contribution in [3.05, 3.63) is 92.1 Å². The highest BCUT2D eigenvalue weighted by atomic mass is 35.5. The number of anilines is 1. The van der Waals surface area contributed by atoms with E-state index in [-0.39, 0.29) is 11.3 Å². The zero-order chi connectivity index (χ0) is 20.7. The summed E-state index contributed by atoms with van der Waals surface area (Å²) in [4.78, 5) is 28.4. The van der Waals surface area contributed by atoms with E-state index in [1.54, 1.807) is 30.3 Å². The van der Waals surface area contributed by atoms with Crippen LogP contribution >= 0.6 is 22.9 Å². The Morgan fingerprint density at radius 1 is 1.07 bits per heavy atom. The van der Waals surface area contributed by atoms with Crippen LogP contribution in [0.1, 0.15) is 27.6 Å². The SMILES string of the molecule is Cc1cccc(N2C(=O)C(=O)/C(=C(\O)c3ccc(Cl)cc3)C2c2sccc2C)c1. The fourth-order valence-corrected chi connectivity index (χ4v) is 4.70. The third kappa shape index (κ3) is 3.37. The molecule has 0 radical (unpaired) electrons. The van der Waals surface area contributed by atoms with Crippen LogP contribution in [0.25, 0.3) is 5.76 Å². The molecule has 0 spiro atoms. The molecule has 1 N–H and O–H groups in total. The van der Waals surface area contributed by atoms with Gasteiger partial charge in [-0.3, -0.25) is 14.5 Å². The fourth-order valence-electron chi connectivity index (χ4n) is 3.55. The molecule has 1 aliphatic rings. The van der Waals surface area contributed by atoms with Gasteiger partial charge in [-0.15, -0.1) is 11.3 Å². The topological polar surface area (TPSA) is 57.6 Å². The Morgan fingerprint density at radius 3 is 2.41 bits per heavy atom. The summed E-state index contributed by atoms with van der Waals surface area (Å²) in [6, 6.07) is 15.2. The van der Waals surface area contributed by atoms with Gasteiger partial charge in [0.25, 0.3) is 11.7 Å². The summed E-state index contributed by atoms with van der Waals surface area (Å²) in [5.41, 5.74) is 3.09. The van der Waals surface area contributed by atoms with Crippen molar-refractivity contribution >= 4 is 46.1 Å². The molecule has 1 fully saturated rings. The van der Waals surface area contributed by atoms with Crippen molar-refractivity contribution in [2.45, 2.75) is 19.9 Å². The number of rotatable bonds is 3. The van der Waals surface area contributed by atoms with Crippen molar-refractivity contribution in [1.82, 2.24) is 0 Å². The number of halogens is 1. The number of thiophene rings is 1. The van der Waals surface area contributed by atoms with Gasteiger partial charge >= 0.3 is 0 Å². The lowest BCUT2D eigenvalue weighted by Crippen LogP contribution is -2.29. The maximum absolute atomic E-state index is 13.0. The van der Waals surface area contributed by atoms with Crippen LogP contribution in [-0.2, 0) is 9.59 Å². The highest BCUT2D eigenvalue weighted by Crippen LogP contribution is 2.44. The Kier molecular flexibility index (Phi) is 5.03. The number of carbonyl (C=O) groups excluding carboxylic acids is 2. The molecule has 0 saturated carbocycles. The molecule has 4 rings (SSSR count). The van der Waals surface area contributed by atoms with Crippen LogP contribution in [-0.4, -0.2) is 16.8 Å². The molecule has 1 aliphatic heterocycles. The van der Waals surface area contributed by atoms with Crippen LogP contribution < -0.4 is 4.90 Å². The Morgan fingerprint density at radius 2 is 1.79 bits per heavy atom. The number of ketones is 1. The second-order valence-corrected chi connectivity index (χ2v) is 8.37. The van der Waals surface area contributed by atoms with Crippen molar-refractivity contribution in [2.24, 2.45) is 0 Å². The smallest absolute Gasteiger partial charge is 0.300 e. The second kappa shape index (κ2) is 7.50. The standard InChI is InChI=1S/C23H18ClNO3S/c1-13-4-3-5-17(12-13)25-19(22-14(2)10-11-29-22)18(21(27)23(25)28)20(26)15-6-8-16(24)9-7-15/h3-12,19,26H,1-2H3/b20-18-. The predicted molar refractivity (Wildman–Crippen MR) is 116 cm³/mol. The van der Waals surface area contributed by atoms with Gasteiger partial charge in [-0.2, -0.15) is 0 Å². The summed E-state index contributed by atoms with van der Waals surface area (Å²) >= 11 is 7.41. The summed E-state index contributed by atoms with van der Waals surface area (Å²) < 4.78 is 0. The number of aryl methyl sites for hydroxylation is 2. The number of nitrogens with zero attached hydrogens (tertiary/aromatic N) is 1. The molecule has 1 atom stereocenters. The van der Waals surface area contributed by atoms with Crippen molar-refractivity contribution in [3.8, 4) is 0 Å². The Balaban J connectivity index is 1.96. The van der Waals surface area contributed by atoms with Gasteiger partial charge in [0, 0.05) is 21.2 Å². The van der Waals surface area contributed by atoms with Gasteiger partial charge in [0.2, 0.25) is 0 Å². The number of aliphatic hydroxyl groups excluding tert-OH is 1. The lowest BCUT2D eigenvalue weighted by Gasteiger charge is -2.25. The Labute approximate surface area is 177 Å². The normalized spacial score (nSPS) is 18.4. The van der Waals surface area contributed by atoms with Gasteiger partial charge in [0.15, 0.2) is 0 Å².